The summed E-state index contributed by atoms with van der Waals surface area (Å²) >= 11 is 0. The van der Waals surface area contributed by atoms with Crippen molar-refractivity contribution in [3.63, 3.8) is 0 Å². The Kier molecular flexibility index (Phi) is 4.00. The fourth-order valence-electron chi connectivity index (χ4n) is 2.06. The van der Waals surface area contributed by atoms with E-state index in [1.165, 1.54) is 18.2 Å². The van der Waals surface area contributed by atoms with Gasteiger partial charge in [-0.3, -0.25) is 4.79 Å². The van der Waals surface area contributed by atoms with Crippen LogP contribution in [0, 0.1) is 5.82 Å². The van der Waals surface area contributed by atoms with Crippen molar-refractivity contribution in [3.8, 4) is 0 Å². The number of halogens is 1. The second-order valence-electron chi connectivity index (χ2n) is 5.36. The Morgan fingerprint density at radius 2 is 2.27 bits per heavy atom. The number of benzene rings is 1. The van der Waals surface area contributed by atoms with Crippen molar-refractivity contribution in [1.29, 1.82) is 0 Å². The third kappa shape index (κ3) is 3.58. The highest BCUT2D eigenvalue weighted by Crippen LogP contribution is 2.38. The molecule has 1 heterocycles. The Balaban J connectivity index is 1.57. The van der Waals surface area contributed by atoms with Crippen LogP contribution in [0.4, 0.5) is 4.39 Å². The van der Waals surface area contributed by atoms with E-state index >= 15 is 0 Å². The molecule has 2 aromatic rings. The summed E-state index contributed by atoms with van der Waals surface area (Å²) in [5, 5.41) is 10.5. The first-order valence-electron chi connectivity index (χ1n) is 7.16. The highest BCUT2D eigenvalue weighted by molar-refractivity contribution is 5.94. The Labute approximate surface area is 127 Å². The molecule has 5 nitrogen and oxygen atoms in total. The van der Waals surface area contributed by atoms with Crippen molar-refractivity contribution in [3.05, 3.63) is 53.5 Å². The van der Waals surface area contributed by atoms with Crippen molar-refractivity contribution in [2.24, 2.45) is 0 Å². The van der Waals surface area contributed by atoms with Crippen LogP contribution in [-0.4, -0.2) is 16.1 Å². The summed E-state index contributed by atoms with van der Waals surface area (Å²) in [5.74, 6) is 0.826. The largest absolute Gasteiger partial charge is 0.423 e. The van der Waals surface area contributed by atoms with Crippen LogP contribution in [0.1, 0.15) is 43.0 Å². The summed E-state index contributed by atoms with van der Waals surface area (Å²) in [7, 11) is 0. The highest BCUT2D eigenvalue weighted by Gasteiger charge is 2.29. The van der Waals surface area contributed by atoms with E-state index in [4.69, 9.17) is 4.42 Å². The van der Waals surface area contributed by atoms with Crippen LogP contribution in [0.3, 0.4) is 0 Å². The van der Waals surface area contributed by atoms with Gasteiger partial charge in [0.25, 0.3) is 0 Å². The monoisotopic (exact) mass is 301 g/mol. The first-order chi connectivity index (χ1) is 10.6. The first kappa shape index (κ1) is 14.4. The standard InChI is InChI=1S/C16H16FN3O2/c1-10(12-3-2-4-13(17)8-12)7-14(21)18-9-15-19-20-16(22-15)11-5-6-11/h2-4,7-8,11H,5-6,9H2,1H3,(H,18,21). The van der Waals surface area contributed by atoms with Crippen molar-refractivity contribution in [2.45, 2.75) is 32.2 Å². The van der Waals surface area contributed by atoms with Crippen LogP contribution in [-0.2, 0) is 11.3 Å². The number of nitrogens with one attached hydrogen (secondary N) is 1. The fourth-order valence-corrected chi connectivity index (χ4v) is 2.06. The smallest absolute Gasteiger partial charge is 0.244 e. The van der Waals surface area contributed by atoms with Gasteiger partial charge >= 0.3 is 0 Å². The normalized spacial score (nSPS) is 14.9. The summed E-state index contributed by atoms with van der Waals surface area (Å²) in [6.07, 6.45) is 3.60. The zero-order valence-corrected chi connectivity index (χ0v) is 12.2. The summed E-state index contributed by atoms with van der Waals surface area (Å²) in [4.78, 5) is 11.9. The van der Waals surface area contributed by atoms with E-state index < -0.39 is 0 Å². The molecule has 1 N–H and O–H groups in total. The third-order valence-corrected chi connectivity index (χ3v) is 3.45. The lowest BCUT2D eigenvalue weighted by atomic mass is 10.1. The van der Waals surface area contributed by atoms with Gasteiger partial charge in [0.2, 0.25) is 17.7 Å². The number of allylic oxidation sites excluding steroid dienone is 1. The maximum Gasteiger partial charge on any atom is 0.244 e. The molecule has 114 valence electrons. The molecule has 0 unspecified atom stereocenters. The molecule has 1 fully saturated rings. The fraction of sp³-hybridized carbons (Fsp3) is 0.312. The van der Waals surface area contributed by atoms with Gasteiger partial charge in [-0.1, -0.05) is 12.1 Å². The molecule has 0 radical (unpaired) electrons. The average molecular weight is 301 g/mol. The molecule has 0 aliphatic heterocycles. The second kappa shape index (κ2) is 6.09. The number of hydrogen-bond donors (Lipinski definition) is 1. The van der Waals surface area contributed by atoms with Crippen molar-refractivity contribution < 1.29 is 13.6 Å². The Morgan fingerprint density at radius 3 is 3.00 bits per heavy atom. The topological polar surface area (TPSA) is 68.0 Å². The molecule has 0 saturated heterocycles. The zero-order chi connectivity index (χ0) is 15.5. The van der Waals surface area contributed by atoms with E-state index in [1.54, 1.807) is 19.1 Å². The van der Waals surface area contributed by atoms with Gasteiger partial charge in [0.1, 0.15) is 5.82 Å². The highest BCUT2D eigenvalue weighted by atomic mass is 19.1. The minimum absolute atomic E-state index is 0.186. The van der Waals surface area contributed by atoms with Crippen molar-refractivity contribution >= 4 is 11.5 Å². The van der Waals surface area contributed by atoms with Gasteiger partial charge < -0.3 is 9.73 Å². The number of amides is 1. The van der Waals surface area contributed by atoms with E-state index in [-0.39, 0.29) is 18.3 Å². The number of carbonyl (C=O) groups is 1. The van der Waals surface area contributed by atoms with E-state index in [0.29, 0.717) is 28.8 Å². The predicted molar refractivity (Wildman–Crippen MR) is 78.2 cm³/mol. The lowest BCUT2D eigenvalue weighted by Gasteiger charge is -2.02. The number of aromatic nitrogens is 2. The number of carbonyl (C=O) groups excluding carboxylic acids is 1. The second-order valence-corrected chi connectivity index (χ2v) is 5.36. The van der Waals surface area contributed by atoms with Crippen LogP contribution in [0.15, 0.2) is 34.8 Å². The summed E-state index contributed by atoms with van der Waals surface area (Å²) in [6.45, 7) is 1.94. The molecule has 1 aromatic carbocycles. The molecule has 1 aromatic heterocycles. The molecule has 3 rings (SSSR count). The molecule has 1 amide bonds. The molecule has 22 heavy (non-hydrogen) atoms. The quantitative estimate of drug-likeness (QED) is 0.862. The van der Waals surface area contributed by atoms with Crippen LogP contribution in [0.5, 0.6) is 0 Å². The van der Waals surface area contributed by atoms with E-state index in [0.717, 1.165) is 12.8 Å². The lowest BCUT2D eigenvalue weighted by molar-refractivity contribution is -0.116. The number of hydrogen-bond acceptors (Lipinski definition) is 4. The molecule has 1 aliphatic carbocycles. The minimum Gasteiger partial charge on any atom is -0.423 e. The van der Waals surface area contributed by atoms with E-state index in [9.17, 15) is 9.18 Å². The van der Waals surface area contributed by atoms with E-state index in [2.05, 4.69) is 15.5 Å². The minimum atomic E-state index is -0.330. The molecule has 0 bridgehead atoms. The van der Waals surface area contributed by atoms with Gasteiger partial charge in [-0.25, -0.2) is 4.39 Å². The van der Waals surface area contributed by atoms with Crippen LogP contribution in [0.25, 0.3) is 5.57 Å². The molecule has 0 spiro atoms. The van der Waals surface area contributed by atoms with E-state index in [1.807, 2.05) is 0 Å². The molecule has 6 heteroatoms. The van der Waals surface area contributed by atoms with Gasteiger partial charge in [-0.15, -0.1) is 10.2 Å². The van der Waals surface area contributed by atoms with Crippen LogP contribution < -0.4 is 5.32 Å². The molecule has 1 saturated carbocycles. The number of rotatable bonds is 5. The van der Waals surface area contributed by atoms with Gasteiger partial charge in [-0.05, 0) is 43.0 Å². The summed E-state index contributed by atoms with van der Waals surface area (Å²) in [5.41, 5.74) is 1.35. The Bertz CT molecular complexity index is 720. The SMILES string of the molecule is CC(=CC(=O)NCc1nnc(C2CC2)o1)c1cccc(F)c1. The summed E-state index contributed by atoms with van der Waals surface area (Å²) in [6, 6.07) is 6.11. The molecule has 0 atom stereocenters. The van der Waals surface area contributed by atoms with Crippen LogP contribution in [0.2, 0.25) is 0 Å². The predicted octanol–water partition coefficient (Wildman–Crippen LogP) is 2.81. The maximum atomic E-state index is 13.2. The molecule has 1 aliphatic rings. The molecular formula is C16H16FN3O2. The zero-order valence-electron chi connectivity index (χ0n) is 12.2. The molecular weight excluding hydrogens is 285 g/mol. The average Bonchev–Trinajstić information content (AvgIpc) is 3.24. The van der Waals surface area contributed by atoms with Crippen molar-refractivity contribution in [1.82, 2.24) is 15.5 Å². The number of nitrogens with zero attached hydrogens (tertiary/aromatic N) is 2. The van der Waals surface area contributed by atoms with Crippen molar-refractivity contribution in [2.75, 3.05) is 0 Å². The van der Waals surface area contributed by atoms with Gasteiger partial charge in [-0.2, -0.15) is 0 Å². The summed E-state index contributed by atoms with van der Waals surface area (Å²) < 4.78 is 18.6. The van der Waals surface area contributed by atoms with Gasteiger partial charge in [0.05, 0.1) is 6.54 Å². The van der Waals surface area contributed by atoms with Gasteiger partial charge in [0, 0.05) is 12.0 Å². The maximum absolute atomic E-state index is 13.2. The lowest BCUT2D eigenvalue weighted by Crippen LogP contribution is -2.20. The third-order valence-electron chi connectivity index (χ3n) is 3.45. The van der Waals surface area contributed by atoms with Crippen LogP contribution >= 0.6 is 0 Å². The first-order valence-corrected chi connectivity index (χ1v) is 7.16. The Hall–Kier alpha value is -2.50. The Morgan fingerprint density at radius 1 is 1.45 bits per heavy atom. The van der Waals surface area contributed by atoms with Gasteiger partial charge in [0.15, 0.2) is 0 Å².